The number of hydrogen-bond acceptors (Lipinski definition) is 3. The number of ether oxygens (including phenoxy) is 1. The molecular weight excluding hydrogens is 214 g/mol. The number of benzene rings is 1. The molecule has 0 amide bonds. The second-order valence-electron chi connectivity index (χ2n) is 3.06. The summed E-state index contributed by atoms with van der Waals surface area (Å²) in [6.07, 6.45) is 0. The maximum absolute atomic E-state index is 11.4. The summed E-state index contributed by atoms with van der Waals surface area (Å²) in [6.45, 7) is 1.81. The number of nitriles is 1. The molecule has 0 unspecified atom stereocenters. The highest BCUT2D eigenvalue weighted by Gasteiger charge is 2.14. The van der Waals surface area contributed by atoms with Crippen molar-refractivity contribution in [1.82, 2.24) is 0 Å². The predicted octanol–water partition coefficient (Wildman–Crippen LogP) is 2.39. The van der Waals surface area contributed by atoms with E-state index in [0.717, 1.165) is 5.56 Å². The number of rotatable bonds is 2. The first kappa shape index (κ1) is 11.5. The van der Waals surface area contributed by atoms with Crippen LogP contribution >= 0.6 is 11.6 Å². The first-order valence-electron chi connectivity index (χ1n) is 4.32. The second-order valence-corrected chi connectivity index (χ2v) is 3.32. The van der Waals surface area contributed by atoms with E-state index in [1.54, 1.807) is 6.07 Å². The van der Waals surface area contributed by atoms with Gasteiger partial charge < -0.3 is 4.74 Å². The van der Waals surface area contributed by atoms with Gasteiger partial charge in [0.1, 0.15) is 0 Å². The molecule has 0 aromatic heterocycles. The van der Waals surface area contributed by atoms with E-state index in [2.05, 4.69) is 4.74 Å². The van der Waals surface area contributed by atoms with Crippen LogP contribution in [0.4, 0.5) is 0 Å². The van der Waals surface area contributed by atoms with Crippen LogP contribution in [0.3, 0.4) is 0 Å². The third kappa shape index (κ3) is 2.28. The molecule has 0 spiro atoms. The minimum Gasteiger partial charge on any atom is -0.465 e. The molecule has 0 heterocycles. The van der Waals surface area contributed by atoms with Crippen LogP contribution in [0.5, 0.6) is 0 Å². The third-order valence-electron chi connectivity index (χ3n) is 2.14. The molecule has 0 aliphatic rings. The van der Waals surface area contributed by atoms with Crippen molar-refractivity contribution < 1.29 is 9.53 Å². The zero-order chi connectivity index (χ0) is 11.4. The fourth-order valence-corrected chi connectivity index (χ4v) is 1.71. The lowest BCUT2D eigenvalue weighted by molar-refractivity contribution is 0.0599. The number of methoxy groups -OCH3 is 1. The molecule has 0 aliphatic carbocycles. The Morgan fingerprint density at radius 2 is 2.27 bits per heavy atom. The van der Waals surface area contributed by atoms with E-state index in [1.165, 1.54) is 13.2 Å². The number of carbonyl (C=O) groups is 1. The van der Waals surface area contributed by atoms with Gasteiger partial charge in [-0.25, -0.2) is 4.79 Å². The van der Waals surface area contributed by atoms with Crippen LogP contribution in [0.15, 0.2) is 12.1 Å². The van der Waals surface area contributed by atoms with Crippen molar-refractivity contribution in [2.75, 3.05) is 7.11 Å². The molecule has 4 heteroatoms. The van der Waals surface area contributed by atoms with Crippen molar-refractivity contribution in [3.8, 4) is 6.07 Å². The topological polar surface area (TPSA) is 50.1 Å². The van der Waals surface area contributed by atoms with Gasteiger partial charge in [-0.05, 0) is 30.2 Å². The van der Waals surface area contributed by atoms with Crippen molar-refractivity contribution >= 4 is 17.6 Å². The van der Waals surface area contributed by atoms with Gasteiger partial charge in [-0.15, -0.1) is 11.6 Å². The summed E-state index contributed by atoms with van der Waals surface area (Å²) in [5, 5.41) is 8.77. The van der Waals surface area contributed by atoms with E-state index in [-0.39, 0.29) is 5.88 Å². The normalized spacial score (nSPS) is 9.47. The molecule has 0 fully saturated rings. The molecule has 0 aliphatic heterocycles. The summed E-state index contributed by atoms with van der Waals surface area (Å²) in [7, 11) is 1.30. The van der Waals surface area contributed by atoms with E-state index in [1.807, 2.05) is 13.0 Å². The molecule has 15 heavy (non-hydrogen) atoms. The highest BCUT2D eigenvalue weighted by molar-refractivity contribution is 6.17. The zero-order valence-electron chi connectivity index (χ0n) is 8.50. The molecule has 0 N–H and O–H groups in total. The van der Waals surface area contributed by atoms with Gasteiger partial charge in [0, 0.05) is 5.88 Å². The van der Waals surface area contributed by atoms with Gasteiger partial charge in [0.05, 0.1) is 24.3 Å². The Balaban J connectivity index is 3.40. The number of carbonyl (C=O) groups excluding carboxylic acids is 1. The fraction of sp³-hybridized carbons (Fsp3) is 0.273. The molecule has 1 rings (SSSR count). The van der Waals surface area contributed by atoms with E-state index in [4.69, 9.17) is 16.9 Å². The SMILES string of the molecule is COC(=O)c1cc(C#N)cc(C)c1CCl. The minimum atomic E-state index is -0.467. The number of aryl methyl sites for hydroxylation is 1. The summed E-state index contributed by atoms with van der Waals surface area (Å²) in [4.78, 5) is 11.4. The van der Waals surface area contributed by atoms with Crippen molar-refractivity contribution in [2.45, 2.75) is 12.8 Å². The first-order chi connectivity index (χ1) is 7.13. The van der Waals surface area contributed by atoms with Crippen molar-refractivity contribution in [3.05, 3.63) is 34.4 Å². The largest absolute Gasteiger partial charge is 0.465 e. The average Bonchev–Trinajstić information content (AvgIpc) is 2.26. The predicted molar refractivity (Wildman–Crippen MR) is 56.8 cm³/mol. The fourth-order valence-electron chi connectivity index (χ4n) is 1.35. The maximum atomic E-state index is 11.4. The van der Waals surface area contributed by atoms with Crippen LogP contribution < -0.4 is 0 Å². The lowest BCUT2D eigenvalue weighted by Crippen LogP contribution is -2.07. The molecule has 1 aromatic rings. The quantitative estimate of drug-likeness (QED) is 0.571. The van der Waals surface area contributed by atoms with Crippen molar-refractivity contribution in [3.63, 3.8) is 0 Å². The molecule has 0 bridgehead atoms. The summed E-state index contributed by atoms with van der Waals surface area (Å²) in [5.41, 5.74) is 2.33. The Kier molecular flexibility index (Phi) is 3.70. The van der Waals surface area contributed by atoms with Crippen LogP contribution in [0, 0.1) is 18.3 Å². The van der Waals surface area contributed by atoms with Gasteiger partial charge in [-0.2, -0.15) is 5.26 Å². The average molecular weight is 224 g/mol. The highest BCUT2D eigenvalue weighted by Crippen LogP contribution is 2.19. The Bertz CT molecular complexity index is 435. The van der Waals surface area contributed by atoms with Crippen LogP contribution in [0.2, 0.25) is 0 Å². The van der Waals surface area contributed by atoms with Crippen LogP contribution in [-0.2, 0) is 10.6 Å². The Morgan fingerprint density at radius 3 is 2.73 bits per heavy atom. The molecule has 0 saturated carbocycles. The van der Waals surface area contributed by atoms with Crippen LogP contribution in [-0.4, -0.2) is 13.1 Å². The first-order valence-corrected chi connectivity index (χ1v) is 4.85. The standard InChI is InChI=1S/C11H10ClNO2/c1-7-3-8(6-13)4-9(10(7)5-12)11(14)15-2/h3-4H,5H2,1-2H3. The lowest BCUT2D eigenvalue weighted by Gasteiger charge is -2.08. The van der Waals surface area contributed by atoms with Gasteiger partial charge >= 0.3 is 5.97 Å². The molecule has 78 valence electrons. The second kappa shape index (κ2) is 4.81. The van der Waals surface area contributed by atoms with E-state index >= 15 is 0 Å². The lowest BCUT2D eigenvalue weighted by atomic mass is 10.00. The van der Waals surface area contributed by atoms with Crippen molar-refractivity contribution in [1.29, 1.82) is 5.26 Å². The van der Waals surface area contributed by atoms with Crippen LogP contribution in [0.1, 0.15) is 27.0 Å². The maximum Gasteiger partial charge on any atom is 0.338 e. The summed E-state index contributed by atoms with van der Waals surface area (Å²) >= 11 is 5.74. The van der Waals surface area contributed by atoms with E-state index < -0.39 is 5.97 Å². The third-order valence-corrected chi connectivity index (χ3v) is 2.41. The Morgan fingerprint density at radius 1 is 1.60 bits per heavy atom. The van der Waals surface area contributed by atoms with Gasteiger partial charge in [0.25, 0.3) is 0 Å². The van der Waals surface area contributed by atoms with Gasteiger partial charge in [0.15, 0.2) is 0 Å². The van der Waals surface area contributed by atoms with Crippen molar-refractivity contribution in [2.24, 2.45) is 0 Å². The highest BCUT2D eigenvalue weighted by atomic mass is 35.5. The van der Waals surface area contributed by atoms with Gasteiger partial charge in [-0.3, -0.25) is 0 Å². The van der Waals surface area contributed by atoms with Crippen LogP contribution in [0.25, 0.3) is 0 Å². The molecular formula is C11H10ClNO2. The summed E-state index contributed by atoms with van der Waals surface area (Å²) in [5.74, 6) is -0.243. The summed E-state index contributed by atoms with van der Waals surface area (Å²) < 4.78 is 4.63. The Labute approximate surface area is 93.2 Å². The number of hydrogen-bond donors (Lipinski definition) is 0. The minimum absolute atomic E-state index is 0.224. The monoisotopic (exact) mass is 223 g/mol. The van der Waals surface area contributed by atoms with Gasteiger partial charge in [-0.1, -0.05) is 0 Å². The molecule has 0 radical (unpaired) electrons. The zero-order valence-corrected chi connectivity index (χ0v) is 9.26. The number of halogens is 1. The molecule has 3 nitrogen and oxygen atoms in total. The molecule has 1 aromatic carbocycles. The van der Waals surface area contributed by atoms with Gasteiger partial charge in [0.2, 0.25) is 0 Å². The number of esters is 1. The number of nitrogens with zero attached hydrogens (tertiary/aromatic N) is 1. The molecule has 0 atom stereocenters. The number of alkyl halides is 1. The Hall–Kier alpha value is -1.53. The molecule has 0 saturated heterocycles. The van der Waals surface area contributed by atoms with E-state index in [9.17, 15) is 4.79 Å². The smallest absolute Gasteiger partial charge is 0.338 e. The van der Waals surface area contributed by atoms with E-state index in [0.29, 0.717) is 16.7 Å². The summed E-state index contributed by atoms with van der Waals surface area (Å²) in [6, 6.07) is 5.18.